The third-order valence-corrected chi connectivity index (χ3v) is 11.5. The highest BCUT2D eigenvalue weighted by Crippen LogP contribution is 2.15. The molecule has 0 aromatic heterocycles. The summed E-state index contributed by atoms with van der Waals surface area (Å²) < 4.78 is 0. The number of rotatable bonds is 32. The number of carbonyl (C=O) groups is 11. The van der Waals surface area contributed by atoms with Gasteiger partial charge < -0.3 is 73.8 Å². The Morgan fingerprint density at radius 3 is 1.30 bits per heavy atom. The molecule has 15 N–H and O–H groups in total. The summed E-state index contributed by atoms with van der Waals surface area (Å²) in [5, 5.41) is 68.1. The average molecular weight is 1080 g/mol. The number of amides is 8. The van der Waals surface area contributed by atoms with Crippen molar-refractivity contribution in [1.82, 2.24) is 42.5 Å². The quantitative estimate of drug-likeness (QED) is 0.0361. The number of phenolic OH excluding ortho intramolecular Hbond substituents is 2. The van der Waals surface area contributed by atoms with E-state index in [0.717, 1.165) is 0 Å². The summed E-state index contributed by atoms with van der Waals surface area (Å²) in [5.74, 6) is -12.5. The Labute approximate surface area is 443 Å². The zero-order valence-electron chi connectivity index (χ0n) is 43.1. The van der Waals surface area contributed by atoms with Gasteiger partial charge in [0.25, 0.3) is 0 Å². The van der Waals surface area contributed by atoms with E-state index in [1.807, 2.05) is 0 Å². The van der Waals surface area contributed by atoms with Crippen LogP contribution in [0.5, 0.6) is 11.5 Å². The van der Waals surface area contributed by atoms with Gasteiger partial charge in [-0.25, -0.2) is 4.79 Å². The molecule has 418 valence electrons. The van der Waals surface area contributed by atoms with Gasteiger partial charge >= 0.3 is 17.9 Å². The molecule has 0 spiro atoms. The maximum absolute atomic E-state index is 14.2. The van der Waals surface area contributed by atoms with Crippen LogP contribution in [0.25, 0.3) is 0 Å². The second-order valence-electron chi connectivity index (χ2n) is 19.0. The lowest BCUT2D eigenvalue weighted by atomic mass is 10.00. The number of carbonyl (C=O) groups excluding carboxylic acids is 8. The van der Waals surface area contributed by atoms with E-state index in [2.05, 4.69) is 42.5 Å². The lowest BCUT2D eigenvalue weighted by molar-refractivity contribution is -0.143. The second-order valence-corrected chi connectivity index (χ2v) is 19.0. The lowest BCUT2D eigenvalue weighted by Crippen LogP contribution is -2.60. The van der Waals surface area contributed by atoms with Crippen LogP contribution in [0.3, 0.4) is 0 Å². The van der Waals surface area contributed by atoms with Crippen LogP contribution in [-0.2, 0) is 72.0 Å². The van der Waals surface area contributed by atoms with Crippen molar-refractivity contribution in [1.29, 1.82) is 0 Å². The fourth-order valence-electron chi connectivity index (χ4n) is 7.68. The van der Waals surface area contributed by atoms with Crippen molar-refractivity contribution in [3.8, 4) is 11.5 Å². The van der Waals surface area contributed by atoms with Crippen LogP contribution in [0.2, 0.25) is 0 Å². The van der Waals surface area contributed by atoms with Gasteiger partial charge in [-0.2, -0.15) is 0 Å². The van der Waals surface area contributed by atoms with Crippen LogP contribution >= 0.6 is 0 Å². The topological polar surface area (TPSA) is 411 Å². The summed E-state index contributed by atoms with van der Waals surface area (Å²) in [4.78, 5) is 145. The predicted molar refractivity (Wildman–Crippen MR) is 275 cm³/mol. The number of hydrogen-bond acceptors (Lipinski definition) is 14. The Bertz CT molecular complexity index is 2530. The molecule has 3 rings (SSSR count). The summed E-state index contributed by atoms with van der Waals surface area (Å²) in [6.45, 7) is 5.80. The molecule has 0 saturated carbocycles. The lowest BCUT2D eigenvalue weighted by Gasteiger charge is -2.27. The molecule has 0 aliphatic carbocycles. The minimum atomic E-state index is -1.87. The van der Waals surface area contributed by atoms with Crippen molar-refractivity contribution in [2.45, 2.75) is 121 Å². The van der Waals surface area contributed by atoms with Crippen LogP contribution in [0.15, 0.2) is 78.9 Å². The van der Waals surface area contributed by atoms with Gasteiger partial charge in [-0.1, -0.05) is 82.3 Å². The first-order chi connectivity index (χ1) is 36.3. The van der Waals surface area contributed by atoms with Crippen molar-refractivity contribution < 1.29 is 78.3 Å². The zero-order valence-corrected chi connectivity index (χ0v) is 43.1. The zero-order chi connectivity index (χ0) is 57.4. The van der Waals surface area contributed by atoms with Crippen LogP contribution in [0.4, 0.5) is 0 Å². The molecule has 3 aromatic rings. The fourth-order valence-corrected chi connectivity index (χ4v) is 7.68. The minimum absolute atomic E-state index is 0.0737. The Morgan fingerprint density at radius 2 is 0.831 bits per heavy atom. The number of benzene rings is 3. The smallest absolute Gasteiger partial charge is 0.326 e. The molecule has 0 aliphatic heterocycles. The van der Waals surface area contributed by atoms with Gasteiger partial charge in [-0.05, 0) is 72.1 Å². The highest BCUT2D eigenvalue weighted by molar-refractivity contribution is 5.98. The Hall–Kier alpha value is -8.61. The van der Waals surface area contributed by atoms with Gasteiger partial charge in [0.15, 0.2) is 0 Å². The van der Waals surface area contributed by atoms with Crippen LogP contribution in [-0.4, -0.2) is 146 Å². The van der Waals surface area contributed by atoms with Crippen molar-refractivity contribution in [2.75, 3.05) is 13.1 Å². The Morgan fingerprint density at radius 1 is 0.442 bits per heavy atom. The number of nitrogens with one attached hydrogen (secondary N) is 8. The molecule has 0 radical (unpaired) electrons. The Balaban J connectivity index is 1.85. The van der Waals surface area contributed by atoms with Gasteiger partial charge in [-0.3, -0.25) is 47.9 Å². The first kappa shape index (κ1) is 62.7. The van der Waals surface area contributed by atoms with E-state index in [-0.39, 0.29) is 55.4 Å². The van der Waals surface area contributed by atoms with Gasteiger partial charge in [0.2, 0.25) is 47.3 Å². The Kier molecular flexibility index (Phi) is 25.5. The molecule has 7 atom stereocenters. The van der Waals surface area contributed by atoms with Gasteiger partial charge in [0.05, 0.1) is 19.5 Å². The summed E-state index contributed by atoms with van der Waals surface area (Å²) in [5.41, 5.74) is 6.81. The third-order valence-electron chi connectivity index (χ3n) is 11.5. The fraction of sp³-hybridized carbons (Fsp3) is 0.442. The molecule has 3 aromatic carbocycles. The van der Waals surface area contributed by atoms with Crippen LogP contribution in [0, 0.1) is 11.8 Å². The van der Waals surface area contributed by atoms with Crippen LogP contribution < -0.4 is 48.3 Å². The monoisotopic (exact) mass is 1080 g/mol. The molecule has 0 saturated heterocycles. The molecule has 0 fully saturated rings. The average Bonchev–Trinajstić information content (AvgIpc) is 3.36. The maximum atomic E-state index is 14.2. The molecule has 0 bridgehead atoms. The molecule has 25 heteroatoms. The number of nitrogens with two attached hydrogens (primary N) is 1. The molecule has 0 heterocycles. The predicted octanol–water partition coefficient (Wildman–Crippen LogP) is -0.890. The van der Waals surface area contributed by atoms with Crippen LogP contribution in [0.1, 0.15) is 76.5 Å². The van der Waals surface area contributed by atoms with Gasteiger partial charge in [-0.15, -0.1) is 0 Å². The third kappa shape index (κ3) is 23.2. The molecule has 25 nitrogen and oxygen atoms in total. The van der Waals surface area contributed by atoms with Crippen molar-refractivity contribution >= 4 is 65.2 Å². The first-order valence-corrected chi connectivity index (χ1v) is 24.7. The van der Waals surface area contributed by atoms with E-state index in [0.29, 0.717) is 16.7 Å². The SMILES string of the molecule is CC(C)C[C@H](NC(=O)CN)C(=O)N[C@@H](Cc1ccc(O)cc1)C(=O)NCC(=O)N[C@@H](CCC(=O)O)C(=O)N[C@@H](CC(C)C)C(=O)N[C@@H](Cc1ccccc1)C(=O)N[C@@H](CC(=O)O)C(=O)N[C@@H](Cc1ccc(O)cc1)C(=O)O. The van der Waals surface area contributed by atoms with E-state index >= 15 is 0 Å². The summed E-state index contributed by atoms with van der Waals surface area (Å²) in [6.07, 6.45) is -2.76. The highest BCUT2D eigenvalue weighted by atomic mass is 16.4. The van der Waals surface area contributed by atoms with E-state index in [4.69, 9.17) is 5.73 Å². The number of carboxylic acids is 3. The molecule has 0 aliphatic rings. The highest BCUT2D eigenvalue weighted by Gasteiger charge is 2.35. The van der Waals surface area contributed by atoms with E-state index < -0.39 is 140 Å². The normalized spacial score (nSPS) is 13.7. The van der Waals surface area contributed by atoms with E-state index in [1.165, 1.54) is 48.5 Å². The maximum Gasteiger partial charge on any atom is 0.326 e. The number of aliphatic carboxylic acids is 3. The molecule has 77 heavy (non-hydrogen) atoms. The minimum Gasteiger partial charge on any atom is -0.508 e. The largest absolute Gasteiger partial charge is 0.508 e. The standard InChI is InChI=1S/C52H69N9O16/c1-28(2)20-36(56-42(64)26-53)48(72)58-38(23-31-10-14-33(62)15-11-31)46(70)54-27-43(65)55-35(18-19-44(66)67)47(71)57-37(21-29(3)4)49(73)59-39(22-30-8-6-5-7-9-30)50(74)60-40(25-45(68)69)51(75)61-41(52(76)77)24-32-12-16-34(63)17-13-32/h5-17,28-29,35-41,62-63H,18-27,53H2,1-4H3,(H,54,70)(H,55,65)(H,56,64)(H,57,71)(H,58,72)(H,59,73)(H,60,74)(H,61,75)(H,66,67)(H,68,69)(H,76,77)/t35-,36-,37-,38-,39-,40-,41-/m0/s1. The van der Waals surface area contributed by atoms with Crippen molar-refractivity contribution in [3.05, 3.63) is 95.6 Å². The number of hydrogen-bond donors (Lipinski definition) is 14. The van der Waals surface area contributed by atoms with Gasteiger partial charge in [0, 0.05) is 25.7 Å². The van der Waals surface area contributed by atoms with Crippen molar-refractivity contribution in [3.63, 3.8) is 0 Å². The summed E-state index contributed by atoms with van der Waals surface area (Å²) in [7, 11) is 0. The van der Waals surface area contributed by atoms with Crippen molar-refractivity contribution in [2.24, 2.45) is 17.6 Å². The number of carboxylic acid groups (broad SMARTS) is 3. The van der Waals surface area contributed by atoms with E-state index in [9.17, 15) is 78.3 Å². The number of aromatic hydroxyl groups is 2. The molecular formula is C52H69N9O16. The van der Waals surface area contributed by atoms with E-state index in [1.54, 1.807) is 58.0 Å². The second kappa shape index (κ2) is 31.3. The molecule has 8 amide bonds. The number of phenols is 2. The first-order valence-electron chi connectivity index (χ1n) is 24.7. The summed E-state index contributed by atoms with van der Waals surface area (Å²) >= 11 is 0. The van der Waals surface area contributed by atoms with Gasteiger partial charge in [0.1, 0.15) is 53.8 Å². The molecule has 0 unspecified atom stereocenters. The summed E-state index contributed by atoms with van der Waals surface area (Å²) in [6, 6.07) is 8.72. The molecular weight excluding hydrogens is 1010 g/mol.